The number of rotatable bonds is 3. The third kappa shape index (κ3) is 2.62. The molecular formula is C18H16N4O3S. The number of anilines is 1. The Hall–Kier alpha value is -2.87. The molecule has 0 atom stereocenters. The van der Waals surface area contributed by atoms with Gasteiger partial charge in [-0.25, -0.2) is 9.97 Å². The number of carbonyl (C=O) groups is 1. The van der Waals surface area contributed by atoms with E-state index in [1.165, 1.54) is 0 Å². The van der Waals surface area contributed by atoms with Crippen molar-refractivity contribution in [2.45, 2.75) is 6.54 Å². The van der Waals surface area contributed by atoms with Crippen LogP contribution in [-0.4, -0.2) is 47.2 Å². The molecule has 1 amide bonds. The molecule has 3 aromatic rings. The Labute approximate surface area is 153 Å². The summed E-state index contributed by atoms with van der Waals surface area (Å²) in [7, 11) is 0. The Balaban J connectivity index is 1.31. The number of nitrogens with zero attached hydrogens (tertiary/aromatic N) is 4. The zero-order valence-electron chi connectivity index (χ0n) is 13.9. The minimum absolute atomic E-state index is 0.0934. The van der Waals surface area contributed by atoms with Crippen molar-refractivity contribution >= 4 is 33.3 Å². The highest BCUT2D eigenvalue weighted by atomic mass is 32.1. The fraction of sp³-hybridized carbons (Fsp3) is 0.278. The van der Waals surface area contributed by atoms with E-state index in [9.17, 15) is 4.79 Å². The molecule has 132 valence electrons. The molecule has 26 heavy (non-hydrogen) atoms. The molecule has 4 heterocycles. The van der Waals surface area contributed by atoms with Crippen molar-refractivity contribution in [3.8, 4) is 11.5 Å². The topological polar surface area (TPSA) is 67.8 Å². The van der Waals surface area contributed by atoms with Crippen molar-refractivity contribution in [2.75, 3.05) is 31.3 Å². The molecule has 5 rings (SSSR count). The van der Waals surface area contributed by atoms with E-state index in [4.69, 9.17) is 9.47 Å². The average Bonchev–Trinajstić information content (AvgIpc) is 3.31. The summed E-state index contributed by atoms with van der Waals surface area (Å²) in [6, 6.07) is 7.83. The molecule has 0 aliphatic carbocycles. The first-order valence-corrected chi connectivity index (χ1v) is 9.25. The predicted molar refractivity (Wildman–Crippen MR) is 97.6 cm³/mol. The van der Waals surface area contributed by atoms with Gasteiger partial charge in [-0.2, -0.15) is 0 Å². The Bertz CT molecular complexity index is 989. The summed E-state index contributed by atoms with van der Waals surface area (Å²) in [6.45, 7) is 2.56. The van der Waals surface area contributed by atoms with Crippen molar-refractivity contribution in [2.24, 2.45) is 0 Å². The zero-order chi connectivity index (χ0) is 17.5. The van der Waals surface area contributed by atoms with Gasteiger partial charge in [0.1, 0.15) is 17.0 Å². The molecule has 0 saturated carbocycles. The lowest BCUT2D eigenvalue weighted by atomic mass is 10.1. The van der Waals surface area contributed by atoms with Gasteiger partial charge in [0.2, 0.25) is 12.7 Å². The molecule has 0 N–H and O–H groups in total. The summed E-state index contributed by atoms with van der Waals surface area (Å²) >= 11 is 1.58. The van der Waals surface area contributed by atoms with E-state index < -0.39 is 0 Å². The molecule has 0 unspecified atom stereocenters. The van der Waals surface area contributed by atoms with E-state index >= 15 is 0 Å². The number of aromatic nitrogens is 2. The third-order valence-corrected chi connectivity index (χ3v) is 5.49. The second kappa shape index (κ2) is 6.14. The Morgan fingerprint density at radius 2 is 2.04 bits per heavy atom. The number of fused-ring (bicyclic) bond motifs is 2. The van der Waals surface area contributed by atoms with Crippen LogP contribution in [0.15, 0.2) is 36.0 Å². The van der Waals surface area contributed by atoms with Crippen LogP contribution in [-0.2, 0) is 11.3 Å². The lowest BCUT2D eigenvalue weighted by Crippen LogP contribution is -2.50. The van der Waals surface area contributed by atoms with Crippen LogP contribution in [0.4, 0.5) is 5.82 Å². The van der Waals surface area contributed by atoms with Gasteiger partial charge >= 0.3 is 0 Å². The van der Waals surface area contributed by atoms with Crippen LogP contribution < -0.4 is 14.4 Å². The Kier molecular flexibility index (Phi) is 3.63. The normalized spacial score (nSPS) is 16.5. The van der Waals surface area contributed by atoms with Gasteiger partial charge in [-0.1, -0.05) is 6.07 Å². The van der Waals surface area contributed by atoms with Crippen LogP contribution in [0.1, 0.15) is 5.56 Å². The van der Waals surface area contributed by atoms with Gasteiger partial charge in [-0.15, -0.1) is 11.3 Å². The van der Waals surface area contributed by atoms with Crippen molar-refractivity contribution in [1.29, 1.82) is 0 Å². The molecule has 0 radical (unpaired) electrons. The van der Waals surface area contributed by atoms with Gasteiger partial charge in [-0.05, 0) is 29.1 Å². The van der Waals surface area contributed by atoms with E-state index in [0.717, 1.165) is 39.6 Å². The van der Waals surface area contributed by atoms with E-state index in [1.54, 1.807) is 17.7 Å². The first-order valence-electron chi connectivity index (χ1n) is 8.37. The SMILES string of the molecule is O=C1CN(c2ncnc3sccc23)CCN1Cc1ccc2c(c1)OCO2. The number of carbonyl (C=O) groups excluding carboxylic acids is 1. The molecule has 2 aliphatic rings. The number of hydrogen-bond acceptors (Lipinski definition) is 7. The molecule has 0 spiro atoms. The number of ether oxygens (including phenoxy) is 2. The molecule has 2 aromatic heterocycles. The van der Waals surface area contributed by atoms with Gasteiger partial charge in [0.25, 0.3) is 0 Å². The second-order valence-electron chi connectivity index (χ2n) is 6.26. The lowest BCUT2D eigenvalue weighted by molar-refractivity contribution is -0.131. The third-order valence-electron chi connectivity index (χ3n) is 4.67. The number of thiophene rings is 1. The largest absolute Gasteiger partial charge is 0.454 e. The molecule has 1 aromatic carbocycles. The first kappa shape index (κ1) is 15.4. The van der Waals surface area contributed by atoms with Gasteiger partial charge in [0.05, 0.1) is 11.9 Å². The first-order chi connectivity index (χ1) is 12.8. The highest BCUT2D eigenvalue weighted by molar-refractivity contribution is 7.16. The van der Waals surface area contributed by atoms with Crippen LogP contribution >= 0.6 is 11.3 Å². The Morgan fingerprint density at radius 1 is 1.12 bits per heavy atom. The minimum atomic E-state index is 0.0934. The zero-order valence-corrected chi connectivity index (χ0v) is 14.7. The highest BCUT2D eigenvalue weighted by Crippen LogP contribution is 2.33. The average molecular weight is 368 g/mol. The van der Waals surface area contributed by atoms with Gasteiger partial charge in [-0.3, -0.25) is 4.79 Å². The molecule has 8 heteroatoms. The van der Waals surface area contributed by atoms with Crippen molar-refractivity contribution in [1.82, 2.24) is 14.9 Å². The summed E-state index contributed by atoms with van der Waals surface area (Å²) in [5.74, 6) is 2.44. The van der Waals surface area contributed by atoms with Crippen molar-refractivity contribution in [3.63, 3.8) is 0 Å². The van der Waals surface area contributed by atoms with Gasteiger partial charge in [0, 0.05) is 19.6 Å². The Morgan fingerprint density at radius 3 is 2.96 bits per heavy atom. The number of benzene rings is 1. The van der Waals surface area contributed by atoms with Gasteiger partial charge in [0.15, 0.2) is 11.5 Å². The van der Waals surface area contributed by atoms with Crippen LogP contribution in [0.25, 0.3) is 10.2 Å². The van der Waals surface area contributed by atoms with Crippen LogP contribution in [0, 0.1) is 0 Å². The summed E-state index contributed by atoms with van der Waals surface area (Å²) < 4.78 is 10.8. The van der Waals surface area contributed by atoms with Crippen LogP contribution in [0.3, 0.4) is 0 Å². The lowest BCUT2D eigenvalue weighted by Gasteiger charge is -2.35. The fourth-order valence-electron chi connectivity index (χ4n) is 3.35. The maximum Gasteiger partial charge on any atom is 0.242 e. The van der Waals surface area contributed by atoms with E-state index in [2.05, 4.69) is 9.97 Å². The maximum atomic E-state index is 12.7. The molecule has 7 nitrogen and oxygen atoms in total. The maximum absolute atomic E-state index is 12.7. The summed E-state index contributed by atoms with van der Waals surface area (Å²) in [6.07, 6.45) is 1.57. The van der Waals surface area contributed by atoms with Crippen LogP contribution in [0.5, 0.6) is 11.5 Å². The molecule has 1 fully saturated rings. The highest BCUT2D eigenvalue weighted by Gasteiger charge is 2.26. The van der Waals surface area contributed by atoms with Crippen molar-refractivity contribution in [3.05, 3.63) is 41.5 Å². The van der Waals surface area contributed by atoms with Gasteiger partial charge < -0.3 is 19.3 Å². The molecule has 1 saturated heterocycles. The smallest absolute Gasteiger partial charge is 0.242 e. The standard InChI is InChI=1S/C18H16N4O3S/c23-16-9-22(17-13-3-6-26-18(13)20-10-19-17)5-4-21(16)8-12-1-2-14-15(7-12)25-11-24-14/h1-3,6-7,10H,4-5,8-9,11H2. The number of hydrogen-bond donors (Lipinski definition) is 0. The summed E-state index contributed by atoms with van der Waals surface area (Å²) in [5, 5.41) is 3.01. The monoisotopic (exact) mass is 368 g/mol. The molecule has 2 aliphatic heterocycles. The van der Waals surface area contributed by atoms with E-state index in [-0.39, 0.29) is 12.7 Å². The predicted octanol–water partition coefficient (Wildman–Crippen LogP) is 2.27. The van der Waals surface area contributed by atoms with E-state index in [1.807, 2.05) is 39.4 Å². The quantitative estimate of drug-likeness (QED) is 0.707. The second-order valence-corrected chi connectivity index (χ2v) is 7.16. The summed E-state index contributed by atoms with van der Waals surface area (Å²) in [4.78, 5) is 26.2. The number of amides is 1. The molecule has 0 bridgehead atoms. The fourth-order valence-corrected chi connectivity index (χ4v) is 4.07. The van der Waals surface area contributed by atoms with E-state index in [0.29, 0.717) is 19.6 Å². The van der Waals surface area contributed by atoms with Crippen LogP contribution in [0.2, 0.25) is 0 Å². The van der Waals surface area contributed by atoms with Crippen molar-refractivity contribution < 1.29 is 14.3 Å². The summed E-state index contributed by atoms with van der Waals surface area (Å²) in [5.41, 5.74) is 1.04. The number of piperazine rings is 1. The molecular weight excluding hydrogens is 352 g/mol. The minimum Gasteiger partial charge on any atom is -0.454 e.